The number of amides is 1. The van der Waals surface area contributed by atoms with Gasteiger partial charge in [-0.25, -0.2) is 18.2 Å². The van der Waals surface area contributed by atoms with E-state index in [-0.39, 0.29) is 11.0 Å². The summed E-state index contributed by atoms with van der Waals surface area (Å²) in [6.07, 6.45) is 0.860. The van der Waals surface area contributed by atoms with Crippen molar-refractivity contribution in [1.29, 1.82) is 0 Å². The van der Waals surface area contributed by atoms with Crippen molar-refractivity contribution in [2.45, 2.75) is 37.8 Å². The first-order chi connectivity index (χ1) is 12.5. The molecule has 150 valence electrons. The number of carbonyl (C=O) groups excluding carboxylic acids is 1. The van der Waals surface area contributed by atoms with Gasteiger partial charge >= 0.3 is 6.09 Å². The normalized spacial score (nSPS) is 16.4. The molecule has 0 spiro atoms. The summed E-state index contributed by atoms with van der Waals surface area (Å²) in [5, 5.41) is 0. The average Bonchev–Trinajstić information content (AvgIpc) is 2.58. The third-order valence-electron chi connectivity index (χ3n) is 4.03. The minimum atomic E-state index is -3.20. The summed E-state index contributed by atoms with van der Waals surface area (Å²) < 4.78 is 28.3. The molecule has 1 saturated heterocycles. The van der Waals surface area contributed by atoms with Gasteiger partial charge in [-0.3, -0.25) is 0 Å². The number of nitrogens with two attached hydrogens (primary N) is 1. The van der Waals surface area contributed by atoms with Crippen LogP contribution < -0.4 is 5.73 Å². The van der Waals surface area contributed by atoms with Crippen molar-refractivity contribution in [3.63, 3.8) is 0 Å². The quantitative estimate of drug-likeness (QED) is 0.612. The van der Waals surface area contributed by atoms with E-state index in [4.69, 9.17) is 10.5 Å². The maximum Gasteiger partial charge on any atom is 0.410 e. The van der Waals surface area contributed by atoms with E-state index in [0.29, 0.717) is 38.7 Å². The molecule has 1 aliphatic rings. The standard InChI is InChI=1S/C18H28N4O4S/c1-18(2,3)26-17(23)22-11-9-21(10-12-22)16(19)20-13-14-5-7-15(8-6-14)27(4,24)25/h5-8H,9-13H2,1-4H3,(H2,19,20). The molecular formula is C18H28N4O4S. The Kier molecular flexibility index (Phi) is 6.35. The van der Waals surface area contributed by atoms with Gasteiger partial charge in [-0.05, 0) is 38.5 Å². The fourth-order valence-corrected chi connectivity index (χ4v) is 3.19. The number of nitrogens with zero attached hydrogens (tertiary/aromatic N) is 3. The molecule has 1 aliphatic heterocycles. The van der Waals surface area contributed by atoms with Crippen LogP contribution in [0.15, 0.2) is 34.2 Å². The fourth-order valence-electron chi connectivity index (χ4n) is 2.56. The molecule has 0 aliphatic carbocycles. The van der Waals surface area contributed by atoms with Gasteiger partial charge < -0.3 is 20.3 Å². The number of rotatable bonds is 3. The van der Waals surface area contributed by atoms with Gasteiger partial charge in [0, 0.05) is 32.4 Å². The van der Waals surface area contributed by atoms with Crippen LogP contribution in [-0.2, 0) is 21.1 Å². The third-order valence-corrected chi connectivity index (χ3v) is 5.16. The zero-order valence-electron chi connectivity index (χ0n) is 16.3. The van der Waals surface area contributed by atoms with Crippen molar-refractivity contribution in [3.05, 3.63) is 29.8 Å². The van der Waals surface area contributed by atoms with Crippen LogP contribution in [0, 0.1) is 0 Å². The van der Waals surface area contributed by atoms with E-state index < -0.39 is 15.4 Å². The maximum absolute atomic E-state index is 12.1. The Morgan fingerprint density at radius 2 is 1.63 bits per heavy atom. The van der Waals surface area contributed by atoms with Gasteiger partial charge in [0.2, 0.25) is 0 Å². The number of aliphatic imine (C=N–C) groups is 1. The van der Waals surface area contributed by atoms with Gasteiger partial charge in [-0.2, -0.15) is 0 Å². The minimum Gasteiger partial charge on any atom is -0.444 e. The number of piperazine rings is 1. The average molecular weight is 397 g/mol. The zero-order valence-corrected chi connectivity index (χ0v) is 17.1. The van der Waals surface area contributed by atoms with Crippen molar-refractivity contribution >= 4 is 21.9 Å². The Balaban J connectivity index is 1.88. The molecule has 0 radical (unpaired) electrons. The Hall–Kier alpha value is -2.29. The molecule has 1 fully saturated rings. The van der Waals surface area contributed by atoms with E-state index >= 15 is 0 Å². The third kappa shape index (κ3) is 6.42. The van der Waals surface area contributed by atoms with E-state index in [0.717, 1.165) is 5.56 Å². The smallest absolute Gasteiger partial charge is 0.410 e. The van der Waals surface area contributed by atoms with Crippen LogP contribution in [0.25, 0.3) is 0 Å². The molecule has 8 nitrogen and oxygen atoms in total. The van der Waals surface area contributed by atoms with Crippen LogP contribution >= 0.6 is 0 Å². The summed E-state index contributed by atoms with van der Waals surface area (Å²) in [4.78, 5) is 20.3. The van der Waals surface area contributed by atoms with Gasteiger partial charge in [0.25, 0.3) is 0 Å². The molecule has 0 unspecified atom stereocenters. The Morgan fingerprint density at radius 3 is 2.11 bits per heavy atom. The lowest BCUT2D eigenvalue weighted by Crippen LogP contribution is -2.53. The van der Waals surface area contributed by atoms with Crippen molar-refractivity contribution in [3.8, 4) is 0 Å². The lowest BCUT2D eigenvalue weighted by molar-refractivity contribution is 0.0186. The first-order valence-corrected chi connectivity index (χ1v) is 10.7. The van der Waals surface area contributed by atoms with Crippen molar-refractivity contribution in [1.82, 2.24) is 9.80 Å². The number of ether oxygens (including phenoxy) is 1. The van der Waals surface area contributed by atoms with Gasteiger partial charge in [0.15, 0.2) is 15.8 Å². The van der Waals surface area contributed by atoms with E-state index in [1.165, 1.54) is 6.26 Å². The number of hydrogen-bond donors (Lipinski definition) is 1. The second-order valence-corrected chi connectivity index (χ2v) is 9.56. The van der Waals surface area contributed by atoms with E-state index in [1.807, 2.05) is 25.7 Å². The molecule has 1 aromatic rings. The largest absolute Gasteiger partial charge is 0.444 e. The molecule has 1 heterocycles. The van der Waals surface area contributed by atoms with E-state index in [1.54, 1.807) is 29.2 Å². The highest BCUT2D eigenvalue weighted by Crippen LogP contribution is 2.13. The van der Waals surface area contributed by atoms with Crippen molar-refractivity contribution in [2.24, 2.45) is 10.7 Å². The summed E-state index contributed by atoms with van der Waals surface area (Å²) in [5.41, 5.74) is 6.42. The van der Waals surface area contributed by atoms with Crippen molar-refractivity contribution in [2.75, 3.05) is 32.4 Å². The zero-order chi connectivity index (χ0) is 20.2. The number of sulfone groups is 1. The second-order valence-electron chi connectivity index (χ2n) is 7.54. The van der Waals surface area contributed by atoms with Gasteiger partial charge in [-0.15, -0.1) is 0 Å². The number of guanidine groups is 1. The summed E-state index contributed by atoms with van der Waals surface area (Å²) in [6.45, 7) is 8.10. The second kappa shape index (κ2) is 8.16. The highest BCUT2D eigenvalue weighted by molar-refractivity contribution is 7.90. The summed E-state index contributed by atoms with van der Waals surface area (Å²) >= 11 is 0. The van der Waals surface area contributed by atoms with Gasteiger partial charge in [-0.1, -0.05) is 12.1 Å². The van der Waals surface area contributed by atoms with Gasteiger partial charge in [0.1, 0.15) is 5.60 Å². The van der Waals surface area contributed by atoms with E-state index in [2.05, 4.69) is 4.99 Å². The lowest BCUT2D eigenvalue weighted by Gasteiger charge is -2.36. The molecule has 0 atom stereocenters. The van der Waals surface area contributed by atoms with Gasteiger partial charge in [0.05, 0.1) is 11.4 Å². The maximum atomic E-state index is 12.1. The topological polar surface area (TPSA) is 105 Å². The van der Waals surface area contributed by atoms with Crippen LogP contribution in [0.4, 0.5) is 4.79 Å². The minimum absolute atomic E-state index is 0.279. The van der Waals surface area contributed by atoms with Crippen LogP contribution in [0.3, 0.4) is 0 Å². The highest BCUT2D eigenvalue weighted by Gasteiger charge is 2.26. The molecule has 2 rings (SSSR count). The Labute approximate surface area is 160 Å². The predicted octanol–water partition coefficient (Wildman–Crippen LogP) is 1.46. The molecule has 2 N–H and O–H groups in total. The molecule has 9 heteroatoms. The summed E-state index contributed by atoms with van der Waals surface area (Å²) in [6, 6.07) is 6.59. The number of carbonyl (C=O) groups is 1. The van der Waals surface area contributed by atoms with Crippen molar-refractivity contribution < 1.29 is 17.9 Å². The number of hydrogen-bond acceptors (Lipinski definition) is 5. The Morgan fingerprint density at radius 1 is 1.11 bits per heavy atom. The molecule has 0 bridgehead atoms. The number of benzene rings is 1. The molecule has 27 heavy (non-hydrogen) atoms. The Bertz CT molecular complexity index is 790. The fraction of sp³-hybridized carbons (Fsp3) is 0.556. The molecule has 0 saturated carbocycles. The highest BCUT2D eigenvalue weighted by atomic mass is 32.2. The molecule has 0 aromatic heterocycles. The first-order valence-electron chi connectivity index (χ1n) is 8.77. The molecule has 1 amide bonds. The first kappa shape index (κ1) is 21.0. The van der Waals surface area contributed by atoms with Crippen LogP contribution in [-0.4, -0.2) is 68.3 Å². The van der Waals surface area contributed by atoms with Crippen LogP contribution in [0.5, 0.6) is 0 Å². The van der Waals surface area contributed by atoms with E-state index in [9.17, 15) is 13.2 Å². The predicted molar refractivity (Wildman–Crippen MR) is 104 cm³/mol. The molecular weight excluding hydrogens is 368 g/mol. The van der Waals surface area contributed by atoms with Crippen LogP contribution in [0.2, 0.25) is 0 Å². The lowest BCUT2D eigenvalue weighted by atomic mass is 10.2. The summed E-state index contributed by atoms with van der Waals surface area (Å²) in [5.74, 6) is 0.408. The molecule has 1 aromatic carbocycles. The summed E-state index contributed by atoms with van der Waals surface area (Å²) in [7, 11) is -3.20. The van der Waals surface area contributed by atoms with Crippen LogP contribution in [0.1, 0.15) is 26.3 Å². The monoisotopic (exact) mass is 396 g/mol. The SMILES string of the molecule is CC(C)(C)OC(=O)N1CCN(C(N)=NCc2ccc(S(C)(=O)=O)cc2)CC1.